The predicted octanol–water partition coefficient (Wildman–Crippen LogP) is 5.64. The summed E-state index contributed by atoms with van der Waals surface area (Å²) in [5, 5.41) is 7.54. The largest absolute Gasteiger partial charge is 0.324 e. The monoisotopic (exact) mass is 495 g/mol. The second-order valence-corrected chi connectivity index (χ2v) is 11.5. The number of thioether (sulfide) groups is 1. The second-order valence-electron chi connectivity index (χ2n) is 9.55. The van der Waals surface area contributed by atoms with Gasteiger partial charge in [0.25, 0.3) is 5.91 Å². The summed E-state index contributed by atoms with van der Waals surface area (Å²) in [6.07, 6.45) is 3.98. The smallest absolute Gasteiger partial charge is 0.263 e. The van der Waals surface area contributed by atoms with Crippen LogP contribution in [-0.4, -0.2) is 27.3 Å². The van der Waals surface area contributed by atoms with Gasteiger partial charge in [-0.15, -0.1) is 0 Å². The lowest BCUT2D eigenvalue weighted by Crippen LogP contribution is -2.49. The molecule has 174 valence electrons. The number of para-hydroxylation sites is 1. The maximum absolute atomic E-state index is 14.7. The molecule has 0 radical (unpaired) electrons. The standard InChI is InChI=1S/C25H23ClFN5OS/c1-24(2)32(20-18(26)4-3-5-19(20)27)22(33)16-12-29-23(31-21(16)34-24)30-15-6-7-17-14(10-15)11-28-13-25(17)8-9-25/h3-7,10,12,28H,8-9,11,13H2,1-2H3,(H,29,30,31). The van der Waals surface area contributed by atoms with Crippen LogP contribution in [0.3, 0.4) is 0 Å². The molecule has 1 saturated carbocycles. The molecule has 0 bridgehead atoms. The van der Waals surface area contributed by atoms with Crippen LogP contribution >= 0.6 is 23.4 Å². The number of aromatic nitrogens is 2. The normalized spacial score (nSPS) is 19.5. The molecule has 2 aliphatic heterocycles. The summed E-state index contributed by atoms with van der Waals surface area (Å²) in [6.45, 7) is 5.60. The quantitative estimate of drug-likeness (QED) is 0.458. The fourth-order valence-corrected chi connectivity index (χ4v) is 6.33. The first-order valence-corrected chi connectivity index (χ1v) is 12.4. The van der Waals surface area contributed by atoms with Crippen molar-refractivity contribution in [2.45, 2.75) is 48.5 Å². The van der Waals surface area contributed by atoms with Gasteiger partial charge in [-0.1, -0.05) is 35.5 Å². The molecule has 0 atom stereocenters. The van der Waals surface area contributed by atoms with Crippen LogP contribution < -0.4 is 15.5 Å². The van der Waals surface area contributed by atoms with Gasteiger partial charge < -0.3 is 10.6 Å². The van der Waals surface area contributed by atoms with E-state index in [1.165, 1.54) is 59.0 Å². The maximum atomic E-state index is 14.7. The molecule has 1 spiro atoms. The van der Waals surface area contributed by atoms with Crippen LogP contribution in [0.1, 0.15) is 48.2 Å². The van der Waals surface area contributed by atoms with E-state index in [-0.39, 0.29) is 16.6 Å². The van der Waals surface area contributed by atoms with E-state index < -0.39 is 10.7 Å². The Balaban J connectivity index is 1.31. The van der Waals surface area contributed by atoms with Crippen LogP contribution in [0.2, 0.25) is 5.02 Å². The molecule has 2 N–H and O–H groups in total. The lowest BCUT2D eigenvalue weighted by Gasteiger charge is -2.41. The Labute approximate surface area is 206 Å². The molecule has 0 saturated heterocycles. The SMILES string of the molecule is CC1(C)Sc2nc(Nc3ccc4c(c3)CNCC43CC3)ncc2C(=O)N1c1c(F)cccc1Cl. The maximum Gasteiger partial charge on any atom is 0.263 e. The lowest BCUT2D eigenvalue weighted by molar-refractivity contribution is 0.0968. The number of anilines is 3. The van der Waals surface area contributed by atoms with Gasteiger partial charge in [-0.2, -0.15) is 0 Å². The predicted molar refractivity (Wildman–Crippen MR) is 133 cm³/mol. The Kier molecular flexibility index (Phi) is 4.92. The van der Waals surface area contributed by atoms with Crippen molar-refractivity contribution >= 4 is 46.6 Å². The number of amides is 1. The van der Waals surface area contributed by atoms with Crippen molar-refractivity contribution in [3.05, 3.63) is 70.1 Å². The summed E-state index contributed by atoms with van der Waals surface area (Å²) in [4.78, 5) is 23.0. The van der Waals surface area contributed by atoms with Gasteiger partial charge in [0, 0.05) is 30.4 Å². The van der Waals surface area contributed by atoms with Crippen LogP contribution in [-0.2, 0) is 12.0 Å². The highest BCUT2D eigenvalue weighted by atomic mass is 35.5. The third-order valence-corrected chi connectivity index (χ3v) is 8.29. The van der Waals surface area contributed by atoms with Gasteiger partial charge in [0.1, 0.15) is 10.8 Å². The number of hydrogen-bond donors (Lipinski definition) is 2. The zero-order valence-electron chi connectivity index (χ0n) is 18.8. The topological polar surface area (TPSA) is 70.1 Å². The molecule has 6 rings (SSSR count). The average molecular weight is 496 g/mol. The number of halogens is 2. The molecule has 3 heterocycles. The number of fused-ring (bicyclic) bond motifs is 3. The summed E-state index contributed by atoms with van der Waals surface area (Å²) >= 11 is 7.65. The van der Waals surface area contributed by atoms with Crippen molar-refractivity contribution in [1.82, 2.24) is 15.3 Å². The van der Waals surface area contributed by atoms with Crippen molar-refractivity contribution in [2.75, 3.05) is 16.8 Å². The summed E-state index contributed by atoms with van der Waals surface area (Å²) < 4.78 is 14.7. The van der Waals surface area contributed by atoms with Gasteiger partial charge in [0.2, 0.25) is 5.95 Å². The minimum atomic E-state index is -0.808. The minimum absolute atomic E-state index is 0.0654. The fraction of sp³-hybridized carbons (Fsp3) is 0.320. The highest BCUT2D eigenvalue weighted by Crippen LogP contribution is 2.51. The Bertz CT molecular complexity index is 1320. The van der Waals surface area contributed by atoms with Crippen molar-refractivity contribution in [3.63, 3.8) is 0 Å². The van der Waals surface area contributed by atoms with Gasteiger partial charge in [0.15, 0.2) is 0 Å². The Hall–Kier alpha value is -2.68. The molecule has 0 unspecified atom stereocenters. The molecule has 3 aliphatic rings. The van der Waals surface area contributed by atoms with Gasteiger partial charge >= 0.3 is 0 Å². The van der Waals surface area contributed by atoms with Crippen LogP contribution in [0.4, 0.5) is 21.7 Å². The Morgan fingerprint density at radius 1 is 1.24 bits per heavy atom. The third-order valence-electron chi connectivity index (χ3n) is 6.80. The van der Waals surface area contributed by atoms with Gasteiger partial charge in [0.05, 0.1) is 21.1 Å². The van der Waals surface area contributed by atoms with Gasteiger partial charge in [-0.25, -0.2) is 14.4 Å². The second kappa shape index (κ2) is 7.66. The fourth-order valence-electron chi connectivity index (χ4n) is 4.96. The number of rotatable bonds is 3. The first-order chi connectivity index (χ1) is 16.3. The molecular formula is C25H23ClFN5OS. The highest BCUT2D eigenvalue weighted by Gasteiger charge is 2.47. The molecule has 9 heteroatoms. The summed E-state index contributed by atoms with van der Waals surface area (Å²) in [5.74, 6) is -0.518. The molecule has 1 aromatic heterocycles. The number of carbonyl (C=O) groups is 1. The van der Waals surface area contributed by atoms with E-state index in [0.29, 0.717) is 22.0 Å². The van der Waals surface area contributed by atoms with Crippen LogP contribution in [0.25, 0.3) is 0 Å². The Morgan fingerprint density at radius 2 is 2.06 bits per heavy atom. The summed E-state index contributed by atoms with van der Waals surface area (Å²) in [6, 6.07) is 10.8. The van der Waals surface area contributed by atoms with Crippen LogP contribution in [0, 0.1) is 5.82 Å². The molecule has 2 aromatic carbocycles. The van der Waals surface area contributed by atoms with E-state index in [2.05, 4.69) is 38.8 Å². The highest BCUT2D eigenvalue weighted by molar-refractivity contribution is 8.00. The first-order valence-electron chi connectivity index (χ1n) is 11.2. The molecule has 3 aromatic rings. The first kappa shape index (κ1) is 21.8. The Morgan fingerprint density at radius 3 is 2.82 bits per heavy atom. The zero-order chi connectivity index (χ0) is 23.7. The average Bonchev–Trinajstić information content (AvgIpc) is 3.55. The number of hydrogen-bond acceptors (Lipinski definition) is 6. The third kappa shape index (κ3) is 3.47. The zero-order valence-corrected chi connectivity index (χ0v) is 20.4. The van der Waals surface area contributed by atoms with Crippen LogP contribution in [0.15, 0.2) is 47.6 Å². The summed E-state index contributed by atoms with van der Waals surface area (Å²) in [7, 11) is 0. The number of nitrogens with zero attached hydrogens (tertiary/aromatic N) is 3. The van der Waals surface area contributed by atoms with Gasteiger partial charge in [-0.05, 0) is 62.1 Å². The number of benzene rings is 2. The molecule has 6 nitrogen and oxygen atoms in total. The molecule has 34 heavy (non-hydrogen) atoms. The van der Waals surface area contributed by atoms with E-state index in [4.69, 9.17) is 11.6 Å². The number of carbonyl (C=O) groups excluding carboxylic acids is 1. The number of nitrogens with one attached hydrogen (secondary N) is 2. The van der Waals surface area contributed by atoms with Crippen molar-refractivity contribution in [2.24, 2.45) is 0 Å². The van der Waals surface area contributed by atoms with Crippen LogP contribution in [0.5, 0.6) is 0 Å². The van der Waals surface area contributed by atoms with E-state index in [1.54, 1.807) is 6.07 Å². The van der Waals surface area contributed by atoms with E-state index in [9.17, 15) is 9.18 Å². The van der Waals surface area contributed by atoms with E-state index in [0.717, 1.165) is 18.8 Å². The van der Waals surface area contributed by atoms with Gasteiger partial charge in [-0.3, -0.25) is 9.69 Å². The molecular weight excluding hydrogens is 473 g/mol. The minimum Gasteiger partial charge on any atom is -0.324 e. The van der Waals surface area contributed by atoms with Crippen molar-refractivity contribution in [3.8, 4) is 0 Å². The molecule has 1 fully saturated rings. The van der Waals surface area contributed by atoms with E-state index >= 15 is 0 Å². The molecule has 1 aliphatic carbocycles. The van der Waals surface area contributed by atoms with Crippen molar-refractivity contribution in [1.29, 1.82) is 0 Å². The van der Waals surface area contributed by atoms with Crippen molar-refractivity contribution < 1.29 is 9.18 Å². The summed E-state index contributed by atoms with van der Waals surface area (Å²) in [5.41, 5.74) is 4.36. The molecule has 1 amide bonds. The van der Waals surface area contributed by atoms with E-state index in [1.807, 2.05) is 13.8 Å². The lowest BCUT2D eigenvalue weighted by atomic mass is 9.88.